The predicted octanol–water partition coefficient (Wildman–Crippen LogP) is 11.1. The maximum absolute atomic E-state index is 13.9. The number of hydrogen-bond donors (Lipinski definition) is 0. The predicted molar refractivity (Wildman–Crippen MR) is 249 cm³/mol. The van der Waals surface area contributed by atoms with Gasteiger partial charge in [-0.2, -0.15) is 0 Å². The molecular formula is C55H32N2O4. The first-order valence-corrected chi connectivity index (χ1v) is 20.5. The first kappa shape index (κ1) is 34.0. The minimum Gasteiger partial charge on any atom is -0.268 e. The van der Waals surface area contributed by atoms with Crippen molar-refractivity contribution in [3.63, 3.8) is 0 Å². The zero-order valence-electron chi connectivity index (χ0n) is 33.0. The summed E-state index contributed by atoms with van der Waals surface area (Å²) in [4.78, 5) is 55.6. The monoisotopic (exact) mass is 784 g/mol. The third-order valence-corrected chi connectivity index (χ3v) is 13.6. The molecule has 0 radical (unpaired) electrons. The van der Waals surface area contributed by atoms with Gasteiger partial charge >= 0.3 is 0 Å². The second-order valence-corrected chi connectivity index (χ2v) is 17.1. The lowest BCUT2D eigenvalue weighted by Crippen LogP contribution is -2.27. The summed E-state index contributed by atoms with van der Waals surface area (Å²) in [5, 5.41) is 8.82. The minimum absolute atomic E-state index is 0.301. The SMILES string of the molecule is CC1(C)c2cc(-c3cc4c5ccccc5c(=O)n5c(=O)c6ccccc6c(c3)c45)ccc2-c2ccc(-c3cc4c5ccccc5c(=O)n5c(=O)c6ccccc6c(c3)c45)cc21. The molecule has 6 heteroatoms. The van der Waals surface area contributed by atoms with E-state index in [1.165, 1.54) is 31.1 Å². The fourth-order valence-electron chi connectivity index (χ4n) is 10.7. The Balaban J connectivity index is 1.01. The van der Waals surface area contributed by atoms with Crippen molar-refractivity contribution in [3.8, 4) is 33.4 Å². The van der Waals surface area contributed by atoms with Crippen LogP contribution in [-0.2, 0) is 5.41 Å². The van der Waals surface area contributed by atoms with Crippen molar-refractivity contribution in [1.29, 1.82) is 0 Å². The summed E-state index contributed by atoms with van der Waals surface area (Å²) in [6.45, 7) is 4.56. The Kier molecular flexibility index (Phi) is 6.47. The lowest BCUT2D eigenvalue weighted by Gasteiger charge is -2.23. The summed E-state index contributed by atoms with van der Waals surface area (Å²) in [5.41, 5.74) is 8.64. The van der Waals surface area contributed by atoms with Crippen molar-refractivity contribution < 1.29 is 0 Å². The van der Waals surface area contributed by atoms with Gasteiger partial charge in [-0.05, 0) is 127 Å². The molecule has 0 bridgehead atoms. The molecule has 0 N–H and O–H groups in total. The molecule has 61 heavy (non-hydrogen) atoms. The van der Waals surface area contributed by atoms with Gasteiger partial charge in [0.25, 0.3) is 22.2 Å². The first-order valence-electron chi connectivity index (χ1n) is 20.5. The van der Waals surface area contributed by atoms with Crippen molar-refractivity contribution in [3.05, 3.63) is 210 Å². The highest BCUT2D eigenvalue weighted by molar-refractivity contribution is 6.21. The average Bonchev–Trinajstić information content (AvgIpc) is 3.52. The second kappa shape index (κ2) is 11.6. The number of fused-ring (bicyclic) bond motifs is 11. The van der Waals surface area contributed by atoms with E-state index in [9.17, 15) is 19.2 Å². The third-order valence-electron chi connectivity index (χ3n) is 13.6. The molecular weight excluding hydrogens is 753 g/mol. The van der Waals surface area contributed by atoms with Gasteiger partial charge in [-0.1, -0.05) is 111 Å². The van der Waals surface area contributed by atoms with Crippen molar-refractivity contribution in [2.24, 2.45) is 0 Å². The van der Waals surface area contributed by atoms with Gasteiger partial charge in [-0.25, -0.2) is 8.80 Å². The molecule has 0 saturated heterocycles. The molecule has 0 fully saturated rings. The molecule has 4 aromatic heterocycles. The van der Waals surface area contributed by atoms with Gasteiger partial charge in [0.2, 0.25) is 0 Å². The molecule has 4 heterocycles. The summed E-state index contributed by atoms with van der Waals surface area (Å²) < 4.78 is 2.73. The number of benzene rings is 8. The summed E-state index contributed by atoms with van der Waals surface area (Å²) in [6, 6.07) is 52.2. The quantitative estimate of drug-likeness (QED) is 0.129. The molecule has 1 aliphatic carbocycles. The zero-order chi connectivity index (χ0) is 41.1. The average molecular weight is 785 g/mol. The van der Waals surface area contributed by atoms with Crippen LogP contribution in [0.15, 0.2) is 177 Å². The largest absolute Gasteiger partial charge is 0.268 e. The molecule has 0 unspecified atom stereocenters. The minimum atomic E-state index is -0.356. The Morgan fingerprint density at radius 1 is 0.311 bits per heavy atom. The van der Waals surface area contributed by atoms with Crippen LogP contribution in [0.1, 0.15) is 25.0 Å². The maximum Gasteiger partial charge on any atom is 0.266 e. The van der Waals surface area contributed by atoms with Crippen molar-refractivity contribution in [1.82, 2.24) is 8.80 Å². The van der Waals surface area contributed by atoms with Crippen LogP contribution in [-0.4, -0.2) is 8.80 Å². The number of rotatable bonds is 2. The highest BCUT2D eigenvalue weighted by atomic mass is 16.2. The van der Waals surface area contributed by atoms with Gasteiger partial charge in [0.1, 0.15) is 0 Å². The lowest BCUT2D eigenvalue weighted by atomic mass is 9.80. The van der Waals surface area contributed by atoms with Gasteiger partial charge in [0.05, 0.1) is 11.0 Å². The van der Waals surface area contributed by atoms with Crippen LogP contribution in [0.3, 0.4) is 0 Å². The summed E-state index contributed by atoms with van der Waals surface area (Å²) in [5.74, 6) is 0. The maximum atomic E-state index is 13.9. The zero-order valence-corrected chi connectivity index (χ0v) is 33.0. The van der Waals surface area contributed by atoms with Crippen LogP contribution in [0, 0.1) is 0 Å². The first-order chi connectivity index (χ1) is 29.7. The van der Waals surface area contributed by atoms with Crippen molar-refractivity contribution in [2.75, 3.05) is 0 Å². The van der Waals surface area contributed by atoms with E-state index >= 15 is 0 Å². The normalized spacial score (nSPS) is 13.5. The summed E-state index contributed by atoms with van der Waals surface area (Å²) in [6.07, 6.45) is 0. The smallest absolute Gasteiger partial charge is 0.266 e. The van der Waals surface area contributed by atoms with Crippen LogP contribution in [0.2, 0.25) is 0 Å². The molecule has 286 valence electrons. The van der Waals surface area contributed by atoms with Crippen molar-refractivity contribution in [2.45, 2.75) is 19.3 Å². The lowest BCUT2D eigenvalue weighted by molar-refractivity contribution is 0.661. The fourth-order valence-corrected chi connectivity index (χ4v) is 10.7. The number of aromatic nitrogens is 2. The van der Waals surface area contributed by atoms with E-state index in [2.05, 4.69) is 74.5 Å². The van der Waals surface area contributed by atoms with Crippen LogP contribution in [0.5, 0.6) is 0 Å². The molecule has 6 nitrogen and oxygen atoms in total. The Hall–Kier alpha value is -7.96. The van der Waals surface area contributed by atoms with Gasteiger partial charge in [0, 0.05) is 48.5 Å². The van der Waals surface area contributed by atoms with E-state index in [0.29, 0.717) is 32.6 Å². The van der Waals surface area contributed by atoms with E-state index in [4.69, 9.17) is 0 Å². The molecule has 8 aromatic carbocycles. The highest BCUT2D eigenvalue weighted by Gasteiger charge is 2.36. The molecule has 0 atom stereocenters. The standard InChI is InChI=1S/C55H32N2O4/c1-55(2)47-27-29(31-23-43-33-11-3-7-15-39(33)51(58)56-49(43)44(24-31)34-12-4-8-16-40(34)52(56)59)19-21-37(47)38-22-20-30(28-48(38)55)32-25-45-35-13-5-9-17-41(35)53(60)57-50(45)46(26-32)36-14-6-10-18-42(36)54(57)61/h3-28H,1-2H3. The van der Waals surface area contributed by atoms with E-state index in [0.717, 1.165) is 65.3 Å². The molecule has 0 amide bonds. The van der Waals surface area contributed by atoms with Crippen LogP contribution in [0.25, 0.3) is 109 Å². The van der Waals surface area contributed by atoms with Gasteiger partial charge in [0.15, 0.2) is 0 Å². The van der Waals surface area contributed by atoms with Gasteiger partial charge in [-0.15, -0.1) is 0 Å². The van der Waals surface area contributed by atoms with Gasteiger partial charge in [-0.3, -0.25) is 19.2 Å². The molecule has 12 aromatic rings. The Morgan fingerprint density at radius 2 is 0.590 bits per heavy atom. The van der Waals surface area contributed by atoms with E-state index < -0.39 is 0 Å². The molecule has 0 spiro atoms. The summed E-state index contributed by atoms with van der Waals surface area (Å²) >= 11 is 0. The van der Waals surface area contributed by atoms with Crippen molar-refractivity contribution >= 4 is 75.7 Å². The van der Waals surface area contributed by atoms with E-state index in [-0.39, 0.29) is 27.7 Å². The number of hydrogen-bond acceptors (Lipinski definition) is 4. The van der Waals surface area contributed by atoms with Crippen LogP contribution < -0.4 is 22.2 Å². The van der Waals surface area contributed by atoms with E-state index in [1.807, 2.05) is 72.8 Å². The third kappa shape index (κ3) is 4.30. The topological polar surface area (TPSA) is 77.1 Å². The van der Waals surface area contributed by atoms with Gasteiger partial charge < -0.3 is 0 Å². The number of nitrogens with zero attached hydrogens (tertiary/aromatic N) is 2. The second-order valence-electron chi connectivity index (χ2n) is 17.1. The molecule has 0 saturated carbocycles. The fraction of sp³-hybridized carbons (Fsp3) is 0.0545. The molecule has 0 aliphatic heterocycles. The van der Waals surface area contributed by atoms with Crippen LogP contribution >= 0.6 is 0 Å². The Labute approximate surface area is 346 Å². The molecule has 13 rings (SSSR count). The van der Waals surface area contributed by atoms with E-state index in [1.54, 1.807) is 24.3 Å². The number of pyridine rings is 4. The molecule has 1 aliphatic rings. The van der Waals surface area contributed by atoms with Crippen LogP contribution in [0.4, 0.5) is 0 Å². The Morgan fingerprint density at radius 3 is 0.885 bits per heavy atom. The summed E-state index contributed by atoms with van der Waals surface area (Å²) in [7, 11) is 0. The Bertz CT molecular complexity index is 3760. The highest BCUT2D eigenvalue weighted by Crippen LogP contribution is 2.51.